The molecule has 0 spiro atoms. The van der Waals surface area contributed by atoms with E-state index in [2.05, 4.69) is 15.7 Å². The van der Waals surface area contributed by atoms with Gasteiger partial charge in [-0.1, -0.05) is 12.1 Å². The summed E-state index contributed by atoms with van der Waals surface area (Å²) in [6.07, 6.45) is -3.53. The molecule has 0 aliphatic heterocycles. The summed E-state index contributed by atoms with van der Waals surface area (Å²) >= 11 is 5.31. The number of hydrogen-bond acceptors (Lipinski definition) is 3. The first-order valence-corrected chi connectivity index (χ1v) is 9.46. The van der Waals surface area contributed by atoms with Crippen molar-refractivity contribution < 1.29 is 17.9 Å². The minimum Gasteiger partial charge on any atom is -0.382 e. The van der Waals surface area contributed by atoms with Crippen LogP contribution in [-0.4, -0.2) is 34.7 Å². The number of nitrogens with one attached hydrogen (secondary N) is 2. The Morgan fingerprint density at radius 3 is 2.71 bits per heavy atom. The number of anilines is 1. The summed E-state index contributed by atoms with van der Waals surface area (Å²) in [6.45, 7) is 7.91. The van der Waals surface area contributed by atoms with Gasteiger partial charge in [-0.2, -0.15) is 18.3 Å². The van der Waals surface area contributed by atoms with Crippen molar-refractivity contribution in [2.75, 3.05) is 25.1 Å². The second-order valence-electron chi connectivity index (χ2n) is 6.33. The van der Waals surface area contributed by atoms with Crippen LogP contribution < -0.4 is 10.6 Å². The molecule has 1 aromatic heterocycles. The zero-order chi connectivity index (χ0) is 20.7. The molecule has 2 rings (SSSR count). The Morgan fingerprint density at radius 1 is 1.29 bits per heavy atom. The van der Waals surface area contributed by atoms with Crippen molar-refractivity contribution in [1.29, 1.82) is 0 Å². The number of thiocarbonyl (C=S) groups is 1. The molecule has 0 saturated heterocycles. The van der Waals surface area contributed by atoms with Gasteiger partial charge in [-0.3, -0.25) is 4.68 Å². The molecule has 1 heterocycles. The summed E-state index contributed by atoms with van der Waals surface area (Å²) in [6, 6.07) is 5.27. The topological polar surface area (TPSA) is 51.1 Å². The molecule has 0 unspecified atom stereocenters. The Balaban J connectivity index is 2.02. The van der Waals surface area contributed by atoms with Crippen molar-refractivity contribution in [3.8, 4) is 0 Å². The molecular weight excluding hydrogens is 389 g/mol. The van der Waals surface area contributed by atoms with Gasteiger partial charge in [-0.05, 0) is 57.1 Å². The van der Waals surface area contributed by atoms with Crippen molar-refractivity contribution in [3.63, 3.8) is 0 Å². The highest BCUT2D eigenvalue weighted by Crippen LogP contribution is 2.30. The van der Waals surface area contributed by atoms with E-state index in [1.807, 2.05) is 20.8 Å². The lowest BCUT2D eigenvalue weighted by molar-refractivity contribution is -0.137. The van der Waals surface area contributed by atoms with Crippen LogP contribution in [0.4, 0.5) is 18.9 Å². The van der Waals surface area contributed by atoms with Crippen LogP contribution in [0.2, 0.25) is 0 Å². The maximum atomic E-state index is 12.9. The highest BCUT2D eigenvalue weighted by Gasteiger charge is 2.30. The van der Waals surface area contributed by atoms with Gasteiger partial charge in [0.2, 0.25) is 0 Å². The Bertz CT molecular complexity index is 805. The van der Waals surface area contributed by atoms with Gasteiger partial charge in [0, 0.05) is 19.8 Å². The first kappa shape index (κ1) is 22.2. The highest BCUT2D eigenvalue weighted by molar-refractivity contribution is 7.80. The van der Waals surface area contributed by atoms with Crippen LogP contribution in [0.5, 0.6) is 0 Å². The van der Waals surface area contributed by atoms with Crippen molar-refractivity contribution in [2.24, 2.45) is 0 Å². The number of alkyl halides is 3. The van der Waals surface area contributed by atoms with Gasteiger partial charge >= 0.3 is 6.18 Å². The number of benzene rings is 1. The zero-order valence-electron chi connectivity index (χ0n) is 16.2. The number of halogens is 3. The summed E-state index contributed by atoms with van der Waals surface area (Å²) in [5, 5.41) is 11.1. The monoisotopic (exact) mass is 414 g/mol. The molecule has 154 valence electrons. The third-order valence-corrected chi connectivity index (χ3v) is 4.41. The number of aryl methyl sites for hydroxylation is 1. The minimum absolute atomic E-state index is 0.243. The predicted molar refractivity (Wildman–Crippen MR) is 108 cm³/mol. The molecule has 0 aliphatic carbocycles. The Labute approximate surface area is 168 Å². The Morgan fingerprint density at radius 2 is 2.04 bits per heavy atom. The quantitative estimate of drug-likeness (QED) is 0.499. The summed E-state index contributed by atoms with van der Waals surface area (Å²) in [4.78, 5) is 0. The van der Waals surface area contributed by atoms with Crippen molar-refractivity contribution >= 4 is 23.0 Å². The molecule has 28 heavy (non-hydrogen) atoms. The maximum Gasteiger partial charge on any atom is 0.416 e. The van der Waals surface area contributed by atoms with Gasteiger partial charge in [0.1, 0.15) is 0 Å². The van der Waals surface area contributed by atoms with Crippen LogP contribution in [0.25, 0.3) is 0 Å². The van der Waals surface area contributed by atoms with Crippen LogP contribution in [0, 0.1) is 13.8 Å². The van der Waals surface area contributed by atoms with Gasteiger partial charge in [-0.25, -0.2) is 0 Å². The second kappa shape index (κ2) is 9.88. The summed E-state index contributed by atoms with van der Waals surface area (Å²) in [7, 11) is 0. The normalized spacial score (nSPS) is 11.5. The number of rotatable bonds is 8. The van der Waals surface area contributed by atoms with Crippen LogP contribution in [-0.2, 0) is 17.5 Å². The summed E-state index contributed by atoms with van der Waals surface area (Å²) < 4.78 is 45.7. The number of ether oxygens (including phenoxy) is 1. The SMILES string of the molecule is CCOCCCNC(=S)Nc1c(C)nn(Cc2cccc(C(F)(F)F)c2)c1C. The second-order valence-corrected chi connectivity index (χ2v) is 6.74. The van der Waals surface area contributed by atoms with Crippen molar-refractivity contribution in [1.82, 2.24) is 15.1 Å². The first-order valence-electron chi connectivity index (χ1n) is 9.05. The lowest BCUT2D eigenvalue weighted by atomic mass is 10.1. The van der Waals surface area contributed by atoms with Gasteiger partial charge in [0.05, 0.1) is 29.2 Å². The summed E-state index contributed by atoms with van der Waals surface area (Å²) in [5.41, 5.74) is 2.15. The molecule has 2 N–H and O–H groups in total. The number of hydrogen-bond donors (Lipinski definition) is 2. The third kappa shape index (κ3) is 6.20. The fourth-order valence-electron chi connectivity index (χ4n) is 2.73. The van der Waals surface area contributed by atoms with E-state index in [0.717, 1.165) is 35.6 Å². The Kier molecular flexibility index (Phi) is 7.82. The predicted octanol–water partition coefficient (Wildman–Crippen LogP) is 4.28. The van der Waals surface area contributed by atoms with Gasteiger partial charge in [0.15, 0.2) is 5.11 Å². The van der Waals surface area contributed by atoms with Gasteiger partial charge in [-0.15, -0.1) is 0 Å². The summed E-state index contributed by atoms with van der Waals surface area (Å²) in [5.74, 6) is 0. The highest BCUT2D eigenvalue weighted by atomic mass is 32.1. The minimum atomic E-state index is -4.36. The van der Waals surface area contributed by atoms with E-state index in [-0.39, 0.29) is 6.54 Å². The van der Waals surface area contributed by atoms with E-state index in [1.54, 1.807) is 10.7 Å². The van der Waals surface area contributed by atoms with E-state index in [0.29, 0.717) is 30.4 Å². The maximum absolute atomic E-state index is 12.9. The average Bonchev–Trinajstić information content (AvgIpc) is 2.88. The average molecular weight is 414 g/mol. The van der Waals surface area contributed by atoms with Crippen LogP contribution in [0.15, 0.2) is 24.3 Å². The Hall–Kier alpha value is -2.13. The van der Waals surface area contributed by atoms with Crippen LogP contribution in [0.1, 0.15) is 35.9 Å². The van der Waals surface area contributed by atoms with E-state index in [9.17, 15) is 13.2 Å². The van der Waals surface area contributed by atoms with E-state index in [1.165, 1.54) is 6.07 Å². The fourth-order valence-corrected chi connectivity index (χ4v) is 2.93. The molecule has 0 radical (unpaired) electrons. The largest absolute Gasteiger partial charge is 0.416 e. The smallest absolute Gasteiger partial charge is 0.382 e. The van der Waals surface area contributed by atoms with E-state index in [4.69, 9.17) is 17.0 Å². The first-order chi connectivity index (χ1) is 13.2. The molecular formula is C19H25F3N4OS. The van der Waals surface area contributed by atoms with Gasteiger partial charge < -0.3 is 15.4 Å². The van der Waals surface area contributed by atoms with Crippen LogP contribution >= 0.6 is 12.2 Å². The lowest BCUT2D eigenvalue weighted by Crippen LogP contribution is -2.30. The molecule has 5 nitrogen and oxygen atoms in total. The standard InChI is InChI=1S/C19H25F3N4OS/c1-4-27-10-6-9-23-18(28)24-17-13(2)25-26(14(17)3)12-15-7-5-8-16(11-15)19(20,21)22/h5,7-8,11H,4,6,9-10,12H2,1-3H3,(H2,23,24,28). The molecule has 1 aromatic carbocycles. The van der Waals surface area contributed by atoms with E-state index < -0.39 is 11.7 Å². The number of aromatic nitrogens is 2. The molecule has 2 aromatic rings. The number of nitrogens with zero attached hydrogens (tertiary/aromatic N) is 2. The molecule has 0 saturated carbocycles. The molecule has 0 aliphatic rings. The van der Waals surface area contributed by atoms with E-state index >= 15 is 0 Å². The molecule has 0 bridgehead atoms. The molecule has 0 atom stereocenters. The van der Waals surface area contributed by atoms with Crippen molar-refractivity contribution in [3.05, 3.63) is 46.8 Å². The van der Waals surface area contributed by atoms with Crippen molar-refractivity contribution in [2.45, 2.75) is 39.9 Å². The van der Waals surface area contributed by atoms with Gasteiger partial charge in [0.25, 0.3) is 0 Å². The fraction of sp³-hybridized carbons (Fsp3) is 0.474. The zero-order valence-corrected chi connectivity index (χ0v) is 17.0. The molecule has 0 fully saturated rings. The molecule has 9 heteroatoms. The third-order valence-electron chi connectivity index (χ3n) is 4.16. The lowest BCUT2D eigenvalue weighted by Gasteiger charge is -2.12. The molecule has 0 amide bonds. The van der Waals surface area contributed by atoms with Crippen LogP contribution in [0.3, 0.4) is 0 Å².